The van der Waals surface area contributed by atoms with E-state index in [0.29, 0.717) is 5.82 Å². The van der Waals surface area contributed by atoms with Gasteiger partial charge in [0.15, 0.2) is 29.7 Å². The number of likely N-dealkylation sites (tertiary alicyclic amines) is 1. The Morgan fingerprint density at radius 1 is 1.12 bits per heavy atom. The fourth-order valence-electron chi connectivity index (χ4n) is 6.57. The Hall–Kier alpha value is -3.67. The number of aromatic nitrogens is 2. The molecule has 8 nitrogen and oxygen atoms in total. The zero-order valence-electron chi connectivity index (χ0n) is 23.5. The molecule has 0 bridgehead atoms. The molecule has 1 aromatic heterocycles. The zero-order valence-corrected chi connectivity index (χ0v) is 23.5. The molecular weight excluding hydrogens is 554 g/mol. The van der Waals surface area contributed by atoms with Crippen LogP contribution in [0.1, 0.15) is 33.1 Å². The Morgan fingerprint density at radius 3 is 2.74 bits per heavy atom. The Bertz CT molecular complexity index is 1440. The molecule has 3 saturated heterocycles. The summed E-state index contributed by atoms with van der Waals surface area (Å²) in [5.74, 6) is -0.0966. The van der Waals surface area contributed by atoms with Gasteiger partial charge in [0, 0.05) is 49.3 Å². The fourth-order valence-corrected chi connectivity index (χ4v) is 6.57. The second-order valence-corrected chi connectivity index (χ2v) is 12.3. The van der Waals surface area contributed by atoms with E-state index >= 15 is 0 Å². The second-order valence-electron chi connectivity index (χ2n) is 12.3. The maximum absolute atomic E-state index is 13.8. The molecule has 2 unspecified atom stereocenters. The number of carbonyl (C=O) groups is 1. The van der Waals surface area contributed by atoms with Crippen molar-refractivity contribution in [2.75, 3.05) is 44.2 Å². The average Bonchev–Trinajstić information content (AvgIpc) is 3.59. The summed E-state index contributed by atoms with van der Waals surface area (Å²) in [6.45, 7) is 6.59. The van der Waals surface area contributed by atoms with Gasteiger partial charge in [0.05, 0.1) is 11.6 Å². The molecule has 3 fully saturated rings. The first kappa shape index (κ1) is 28.4. The molecule has 2 atom stereocenters. The highest BCUT2D eigenvalue weighted by Gasteiger charge is 2.47. The molecule has 1 spiro atoms. The van der Waals surface area contributed by atoms with Gasteiger partial charge < -0.3 is 19.7 Å². The fraction of sp³-hybridized carbons (Fsp3) is 0.500. The highest BCUT2D eigenvalue weighted by atomic mass is 19.4. The monoisotopic (exact) mass is 587 g/mol. The van der Waals surface area contributed by atoms with Crippen molar-refractivity contribution in [2.24, 2.45) is 16.7 Å². The second kappa shape index (κ2) is 10.6. The van der Waals surface area contributed by atoms with E-state index in [9.17, 15) is 22.4 Å². The summed E-state index contributed by atoms with van der Waals surface area (Å²) in [5, 5.41) is 3.07. The van der Waals surface area contributed by atoms with E-state index in [0.717, 1.165) is 69.8 Å². The van der Waals surface area contributed by atoms with Crippen LogP contribution in [0.4, 0.5) is 23.4 Å². The number of hydrogen-bond acceptors (Lipinski definition) is 7. The van der Waals surface area contributed by atoms with Gasteiger partial charge in [-0.3, -0.25) is 9.69 Å². The number of ether oxygens (including phenoxy) is 2. The molecule has 42 heavy (non-hydrogen) atoms. The van der Waals surface area contributed by atoms with E-state index in [1.54, 1.807) is 0 Å². The molecule has 0 radical (unpaired) electrons. The molecule has 4 heterocycles. The first-order valence-electron chi connectivity index (χ1n) is 14.1. The number of anilines is 1. The quantitative estimate of drug-likeness (QED) is 0.444. The van der Waals surface area contributed by atoms with Crippen LogP contribution in [0.3, 0.4) is 0 Å². The van der Waals surface area contributed by atoms with Gasteiger partial charge in [-0.2, -0.15) is 13.2 Å². The van der Waals surface area contributed by atoms with Crippen molar-refractivity contribution in [3.8, 4) is 17.2 Å². The molecule has 1 N–H and O–H groups in total. The molecule has 4 aliphatic rings. The first-order chi connectivity index (χ1) is 19.9. The van der Waals surface area contributed by atoms with E-state index < -0.39 is 24.0 Å². The number of fused-ring (bicyclic) bond motifs is 1. The maximum atomic E-state index is 13.8. The third kappa shape index (κ3) is 5.68. The Morgan fingerprint density at radius 2 is 1.93 bits per heavy atom. The minimum Gasteiger partial charge on any atom is -0.480 e. The van der Waals surface area contributed by atoms with Crippen molar-refractivity contribution in [3.63, 3.8) is 0 Å². The number of halogens is 4. The van der Waals surface area contributed by atoms with Crippen LogP contribution in [0, 0.1) is 22.6 Å². The lowest BCUT2D eigenvalue weighted by Gasteiger charge is -2.28. The summed E-state index contributed by atoms with van der Waals surface area (Å²) < 4.78 is 62.8. The van der Waals surface area contributed by atoms with Gasteiger partial charge >= 0.3 is 6.18 Å². The summed E-state index contributed by atoms with van der Waals surface area (Å²) in [5.41, 5.74) is 1.91. The van der Waals surface area contributed by atoms with Crippen LogP contribution >= 0.6 is 0 Å². The maximum Gasteiger partial charge on any atom is 0.422 e. The summed E-state index contributed by atoms with van der Waals surface area (Å²) in [4.78, 5) is 25.4. The van der Waals surface area contributed by atoms with E-state index in [2.05, 4.69) is 37.2 Å². The third-order valence-electron chi connectivity index (χ3n) is 8.88. The molecule has 1 aromatic carbocycles. The molecule has 6 rings (SSSR count). The lowest BCUT2D eigenvalue weighted by atomic mass is 9.76. The summed E-state index contributed by atoms with van der Waals surface area (Å²) in [7, 11) is 0. The smallest absolute Gasteiger partial charge is 0.422 e. The predicted molar refractivity (Wildman–Crippen MR) is 147 cm³/mol. The van der Waals surface area contributed by atoms with Crippen LogP contribution in [0.2, 0.25) is 0 Å². The largest absolute Gasteiger partial charge is 0.480 e. The predicted octanol–water partition coefficient (Wildman–Crippen LogP) is 5.24. The SMILES string of the molecule is CC1(C)C(=O)NC2=CC(CN3CCC4(CCN(c5ncncc5Oc5ccc(F)cc5OCC(F)(F)F)C4)C3)=CCC21. The Kier molecular flexibility index (Phi) is 7.15. The van der Waals surface area contributed by atoms with Gasteiger partial charge in [-0.25, -0.2) is 14.4 Å². The minimum atomic E-state index is -4.58. The van der Waals surface area contributed by atoms with Crippen LogP contribution in [0.15, 0.2) is 54.1 Å². The van der Waals surface area contributed by atoms with Gasteiger partial charge in [0.2, 0.25) is 5.91 Å². The van der Waals surface area contributed by atoms with Gasteiger partial charge in [0.1, 0.15) is 12.1 Å². The van der Waals surface area contributed by atoms with Gasteiger partial charge in [-0.05, 0) is 49.6 Å². The van der Waals surface area contributed by atoms with Gasteiger partial charge in [0.25, 0.3) is 0 Å². The van der Waals surface area contributed by atoms with Crippen LogP contribution < -0.4 is 19.7 Å². The highest BCUT2D eigenvalue weighted by Crippen LogP contribution is 2.45. The van der Waals surface area contributed by atoms with Crippen molar-refractivity contribution >= 4 is 11.7 Å². The van der Waals surface area contributed by atoms with Crippen LogP contribution in [0.25, 0.3) is 0 Å². The normalized spacial score (nSPS) is 25.3. The topological polar surface area (TPSA) is 79.8 Å². The van der Waals surface area contributed by atoms with E-state index in [1.807, 2.05) is 13.8 Å². The molecule has 2 aromatic rings. The van der Waals surface area contributed by atoms with E-state index in [-0.39, 0.29) is 34.5 Å². The van der Waals surface area contributed by atoms with Crippen molar-refractivity contribution in [2.45, 2.75) is 39.3 Å². The molecule has 1 amide bonds. The zero-order chi connectivity index (χ0) is 29.7. The number of rotatable bonds is 7. The summed E-state index contributed by atoms with van der Waals surface area (Å²) in [6.07, 6.45) is 5.50. The Balaban J connectivity index is 1.12. The van der Waals surface area contributed by atoms with E-state index in [4.69, 9.17) is 9.47 Å². The third-order valence-corrected chi connectivity index (χ3v) is 8.88. The average molecular weight is 588 g/mol. The minimum absolute atomic E-state index is 0.0587. The number of nitrogens with zero attached hydrogens (tertiary/aromatic N) is 4. The van der Waals surface area contributed by atoms with Crippen molar-refractivity contribution in [1.82, 2.24) is 20.2 Å². The van der Waals surface area contributed by atoms with Crippen molar-refractivity contribution in [3.05, 3.63) is 60.0 Å². The number of benzene rings is 1. The summed E-state index contributed by atoms with van der Waals surface area (Å²) >= 11 is 0. The number of carbonyl (C=O) groups excluding carboxylic acids is 1. The number of amides is 1. The molecule has 1 aliphatic carbocycles. The van der Waals surface area contributed by atoms with Crippen LogP contribution in [-0.4, -0.2) is 66.3 Å². The highest BCUT2D eigenvalue weighted by molar-refractivity contribution is 5.88. The number of alkyl halides is 3. The van der Waals surface area contributed by atoms with Gasteiger partial charge in [-0.1, -0.05) is 19.9 Å². The van der Waals surface area contributed by atoms with Gasteiger partial charge in [-0.15, -0.1) is 0 Å². The first-order valence-corrected chi connectivity index (χ1v) is 14.1. The summed E-state index contributed by atoms with van der Waals surface area (Å²) in [6, 6.07) is 3.19. The number of allylic oxidation sites excluding steroid dienone is 2. The molecule has 12 heteroatoms. The van der Waals surface area contributed by atoms with Crippen molar-refractivity contribution in [1.29, 1.82) is 0 Å². The van der Waals surface area contributed by atoms with Crippen molar-refractivity contribution < 1.29 is 31.8 Å². The standard InChI is InChI=1S/C30H33F4N5O3/c1-28(2)21-5-3-19(11-22(21)37-27(28)40)14-38-9-7-29(15-38)8-10-39(16-29)26-25(13-35-18-36-26)42-23-6-4-20(31)12-24(23)41-17-30(32,33)34/h3-4,6,11-13,18,21H,5,7-10,14-17H2,1-2H3,(H,37,40). The number of hydrogen-bond donors (Lipinski definition) is 1. The van der Waals surface area contributed by atoms with Crippen LogP contribution in [0.5, 0.6) is 17.2 Å². The molecule has 224 valence electrons. The van der Waals surface area contributed by atoms with Crippen LogP contribution in [-0.2, 0) is 4.79 Å². The molecule has 3 aliphatic heterocycles. The Labute approximate surface area is 241 Å². The number of nitrogens with one attached hydrogen (secondary N) is 1. The lowest BCUT2D eigenvalue weighted by molar-refractivity contribution is -0.153. The van der Waals surface area contributed by atoms with E-state index in [1.165, 1.54) is 24.2 Å². The lowest BCUT2D eigenvalue weighted by Crippen LogP contribution is -2.32. The molecule has 0 saturated carbocycles. The molecular formula is C30H33F4N5O3.